The molecule has 2 aromatic carbocycles. The van der Waals surface area contributed by atoms with Crippen LogP contribution in [0.1, 0.15) is 17.9 Å². The molecule has 0 bridgehead atoms. The summed E-state index contributed by atoms with van der Waals surface area (Å²) in [5.41, 5.74) is 2.32. The molecule has 3 aromatic rings. The van der Waals surface area contributed by atoms with Crippen LogP contribution in [0.3, 0.4) is 0 Å². The van der Waals surface area contributed by atoms with E-state index in [0.29, 0.717) is 23.8 Å². The zero-order valence-electron chi connectivity index (χ0n) is 14.9. The fourth-order valence-corrected chi connectivity index (χ4v) is 2.54. The first kappa shape index (κ1) is 18.3. The smallest absolute Gasteiger partial charge is 0.226 e. The Morgan fingerprint density at radius 3 is 2.59 bits per heavy atom. The molecule has 0 unspecified atom stereocenters. The van der Waals surface area contributed by atoms with Gasteiger partial charge in [0.05, 0.1) is 6.42 Å². The van der Waals surface area contributed by atoms with Gasteiger partial charge < -0.3 is 15.2 Å². The lowest BCUT2D eigenvalue weighted by molar-refractivity contribution is -0.120. The van der Waals surface area contributed by atoms with Gasteiger partial charge in [-0.15, -0.1) is 0 Å². The molecule has 27 heavy (non-hydrogen) atoms. The second-order valence-electron chi connectivity index (χ2n) is 6.03. The number of carbonyl (C=O) groups excluding carboxylic acids is 2. The van der Waals surface area contributed by atoms with Crippen molar-refractivity contribution in [3.63, 3.8) is 0 Å². The summed E-state index contributed by atoms with van der Waals surface area (Å²) in [5, 5.41) is 9.42. The number of nitrogens with zero attached hydrogens (tertiary/aromatic N) is 2. The van der Waals surface area contributed by atoms with Crippen LogP contribution < -0.4 is 10.6 Å². The van der Waals surface area contributed by atoms with Crippen LogP contribution in [0.15, 0.2) is 59.1 Å². The molecule has 0 fully saturated rings. The molecular formula is C20H20N4O3. The van der Waals surface area contributed by atoms with Gasteiger partial charge in [-0.05, 0) is 17.7 Å². The Bertz CT molecular complexity index is 922. The predicted octanol–water partition coefficient (Wildman–Crippen LogP) is 2.73. The minimum atomic E-state index is -0.184. The highest BCUT2D eigenvalue weighted by Crippen LogP contribution is 2.20. The summed E-state index contributed by atoms with van der Waals surface area (Å²) in [5.74, 6) is 0.655. The normalized spacial score (nSPS) is 10.4. The molecular weight excluding hydrogens is 344 g/mol. The largest absolute Gasteiger partial charge is 0.355 e. The number of anilines is 1. The van der Waals surface area contributed by atoms with Crippen LogP contribution in [0.4, 0.5) is 5.69 Å². The standard InChI is InChI=1S/C20H20N4O3/c1-14-22-20(24-27-14)16-8-5-9-17(13-16)23-18(25)10-11-21-19(26)12-15-6-3-2-4-7-15/h2-9,13H,10-12H2,1H3,(H,21,26)(H,23,25). The minimum Gasteiger partial charge on any atom is -0.355 e. The number of rotatable bonds is 7. The summed E-state index contributed by atoms with van der Waals surface area (Å²) in [6.45, 7) is 2.00. The van der Waals surface area contributed by atoms with E-state index < -0.39 is 0 Å². The summed E-state index contributed by atoms with van der Waals surface area (Å²) in [6, 6.07) is 16.7. The molecule has 0 atom stereocenters. The Balaban J connectivity index is 1.46. The third kappa shape index (κ3) is 5.50. The third-order valence-corrected chi connectivity index (χ3v) is 3.81. The van der Waals surface area contributed by atoms with E-state index in [0.717, 1.165) is 11.1 Å². The molecule has 0 spiro atoms. The number of aromatic nitrogens is 2. The fraction of sp³-hybridized carbons (Fsp3) is 0.200. The first-order valence-corrected chi connectivity index (χ1v) is 8.61. The van der Waals surface area contributed by atoms with Crippen molar-refractivity contribution in [3.8, 4) is 11.4 Å². The van der Waals surface area contributed by atoms with Gasteiger partial charge in [0, 0.05) is 31.1 Å². The van der Waals surface area contributed by atoms with Gasteiger partial charge in [-0.3, -0.25) is 9.59 Å². The van der Waals surface area contributed by atoms with Crippen LogP contribution in [-0.2, 0) is 16.0 Å². The Kier molecular flexibility index (Phi) is 5.94. The summed E-state index contributed by atoms with van der Waals surface area (Å²) >= 11 is 0. The molecule has 0 saturated carbocycles. The molecule has 1 heterocycles. The van der Waals surface area contributed by atoms with Crippen molar-refractivity contribution >= 4 is 17.5 Å². The average Bonchev–Trinajstić information content (AvgIpc) is 3.09. The lowest BCUT2D eigenvalue weighted by Gasteiger charge is -2.07. The SMILES string of the molecule is Cc1nc(-c2cccc(NC(=O)CCNC(=O)Cc3ccccc3)c2)no1. The quantitative estimate of drug-likeness (QED) is 0.672. The number of benzene rings is 2. The van der Waals surface area contributed by atoms with Crippen LogP contribution >= 0.6 is 0 Å². The van der Waals surface area contributed by atoms with E-state index in [1.807, 2.05) is 36.4 Å². The second kappa shape index (κ2) is 8.75. The first-order valence-electron chi connectivity index (χ1n) is 8.61. The maximum atomic E-state index is 12.1. The molecule has 7 heteroatoms. The molecule has 3 rings (SSSR count). The minimum absolute atomic E-state index is 0.108. The topological polar surface area (TPSA) is 97.1 Å². The number of hydrogen-bond donors (Lipinski definition) is 2. The number of aryl methyl sites for hydroxylation is 1. The van der Waals surface area contributed by atoms with Gasteiger partial charge in [-0.25, -0.2) is 0 Å². The van der Waals surface area contributed by atoms with Crippen LogP contribution in [0, 0.1) is 6.92 Å². The maximum Gasteiger partial charge on any atom is 0.226 e. The molecule has 138 valence electrons. The summed E-state index contributed by atoms with van der Waals surface area (Å²) in [6.07, 6.45) is 0.487. The van der Waals surface area contributed by atoms with Crippen molar-refractivity contribution in [2.24, 2.45) is 0 Å². The van der Waals surface area contributed by atoms with Crippen molar-refractivity contribution in [2.75, 3.05) is 11.9 Å². The van der Waals surface area contributed by atoms with Gasteiger partial charge >= 0.3 is 0 Å². The van der Waals surface area contributed by atoms with Crippen LogP contribution in [-0.4, -0.2) is 28.5 Å². The molecule has 0 aliphatic heterocycles. The molecule has 0 aliphatic carbocycles. The highest BCUT2D eigenvalue weighted by atomic mass is 16.5. The van der Waals surface area contributed by atoms with Crippen molar-refractivity contribution in [3.05, 3.63) is 66.1 Å². The van der Waals surface area contributed by atoms with Gasteiger partial charge in [0.2, 0.25) is 23.5 Å². The average molecular weight is 364 g/mol. The van der Waals surface area contributed by atoms with Gasteiger partial charge in [0.25, 0.3) is 0 Å². The van der Waals surface area contributed by atoms with Crippen LogP contribution in [0.25, 0.3) is 11.4 Å². The Morgan fingerprint density at radius 1 is 1.04 bits per heavy atom. The molecule has 2 N–H and O–H groups in total. The van der Waals surface area contributed by atoms with Gasteiger partial charge in [0.1, 0.15) is 0 Å². The second-order valence-corrected chi connectivity index (χ2v) is 6.03. The van der Waals surface area contributed by atoms with Crippen molar-refractivity contribution in [1.82, 2.24) is 15.5 Å². The Morgan fingerprint density at radius 2 is 1.85 bits per heavy atom. The number of nitrogens with one attached hydrogen (secondary N) is 2. The zero-order valence-corrected chi connectivity index (χ0v) is 14.9. The zero-order chi connectivity index (χ0) is 19.1. The molecule has 2 amide bonds. The van der Waals surface area contributed by atoms with E-state index in [4.69, 9.17) is 4.52 Å². The molecule has 7 nitrogen and oxygen atoms in total. The summed E-state index contributed by atoms with van der Waals surface area (Å²) in [7, 11) is 0. The van der Waals surface area contributed by atoms with E-state index in [1.165, 1.54) is 0 Å². The lowest BCUT2D eigenvalue weighted by atomic mass is 10.1. The van der Waals surface area contributed by atoms with E-state index in [-0.39, 0.29) is 24.8 Å². The lowest BCUT2D eigenvalue weighted by Crippen LogP contribution is -2.28. The van der Waals surface area contributed by atoms with Crippen LogP contribution in [0.2, 0.25) is 0 Å². The van der Waals surface area contributed by atoms with Crippen molar-refractivity contribution < 1.29 is 14.1 Å². The Hall–Kier alpha value is -3.48. The van der Waals surface area contributed by atoms with Crippen LogP contribution in [0.5, 0.6) is 0 Å². The molecule has 1 aromatic heterocycles. The fourth-order valence-electron chi connectivity index (χ4n) is 2.54. The number of amides is 2. The number of carbonyl (C=O) groups is 2. The van der Waals surface area contributed by atoms with E-state index in [1.54, 1.807) is 25.1 Å². The monoisotopic (exact) mass is 364 g/mol. The molecule has 0 aliphatic rings. The molecule has 0 saturated heterocycles. The van der Waals surface area contributed by atoms with E-state index in [9.17, 15) is 9.59 Å². The predicted molar refractivity (Wildman–Crippen MR) is 101 cm³/mol. The molecule has 0 radical (unpaired) electrons. The van der Waals surface area contributed by atoms with E-state index >= 15 is 0 Å². The maximum absolute atomic E-state index is 12.1. The van der Waals surface area contributed by atoms with Crippen molar-refractivity contribution in [1.29, 1.82) is 0 Å². The summed E-state index contributed by atoms with van der Waals surface area (Å²) < 4.78 is 4.97. The highest BCUT2D eigenvalue weighted by molar-refractivity contribution is 5.91. The number of hydrogen-bond acceptors (Lipinski definition) is 5. The summed E-state index contributed by atoms with van der Waals surface area (Å²) in [4.78, 5) is 28.1. The van der Waals surface area contributed by atoms with Gasteiger partial charge in [0.15, 0.2) is 0 Å². The first-order chi connectivity index (χ1) is 13.1. The van der Waals surface area contributed by atoms with Gasteiger partial charge in [-0.2, -0.15) is 4.98 Å². The Labute approximate surface area is 156 Å². The highest BCUT2D eigenvalue weighted by Gasteiger charge is 2.09. The van der Waals surface area contributed by atoms with Gasteiger partial charge in [-0.1, -0.05) is 47.6 Å². The van der Waals surface area contributed by atoms with E-state index in [2.05, 4.69) is 20.8 Å². The third-order valence-electron chi connectivity index (χ3n) is 3.81. The van der Waals surface area contributed by atoms with Crippen molar-refractivity contribution in [2.45, 2.75) is 19.8 Å².